The lowest BCUT2D eigenvalue weighted by Gasteiger charge is -2.25. The summed E-state index contributed by atoms with van der Waals surface area (Å²) >= 11 is 1.51. The second-order valence-electron chi connectivity index (χ2n) is 9.73. The Labute approximate surface area is 223 Å². The third-order valence-electron chi connectivity index (χ3n) is 6.27. The van der Waals surface area contributed by atoms with E-state index in [2.05, 4.69) is 77.6 Å². The first-order chi connectivity index (χ1) is 18.0. The van der Waals surface area contributed by atoms with Crippen LogP contribution in [0.2, 0.25) is 0 Å². The fraction of sp³-hybridized carbons (Fsp3) is 0.290. The summed E-state index contributed by atoms with van der Waals surface area (Å²) in [5, 5.41) is 5.67. The zero-order valence-electron chi connectivity index (χ0n) is 21.4. The highest BCUT2D eigenvalue weighted by Crippen LogP contribution is 2.29. The van der Waals surface area contributed by atoms with E-state index >= 15 is 0 Å². The molecule has 37 heavy (non-hydrogen) atoms. The lowest BCUT2D eigenvalue weighted by molar-refractivity contribution is 0.0944. The molecule has 0 aliphatic carbocycles. The zero-order chi connectivity index (χ0) is 26.0. The van der Waals surface area contributed by atoms with Crippen LogP contribution in [-0.2, 0) is 13.1 Å². The van der Waals surface area contributed by atoms with E-state index in [-0.39, 0.29) is 17.6 Å². The Morgan fingerprint density at radius 2 is 1.54 bits per heavy atom. The molecule has 0 atom stereocenters. The molecular formula is C31H34FN3OS. The van der Waals surface area contributed by atoms with E-state index in [1.54, 1.807) is 0 Å². The first-order valence-corrected chi connectivity index (χ1v) is 13.6. The number of halogens is 1. The van der Waals surface area contributed by atoms with E-state index < -0.39 is 0 Å². The van der Waals surface area contributed by atoms with Crippen LogP contribution >= 0.6 is 11.3 Å². The topological polar surface area (TPSA) is 45.2 Å². The van der Waals surface area contributed by atoms with Crippen molar-refractivity contribution in [3.8, 4) is 0 Å². The fourth-order valence-corrected chi connectivity index (χ4v) is 5.15. The van der Waals surface area contributed by atoms with Crippen molar-refractivity contribution in [3.63, 3.8) is 0 Å². The van der Waals surface area contributed by atoms with E-state index in [1.807, 2.05) is 29.6 Å². The summed E-state index contributed by atoms with van der Waals surface area (Å²) in [6, 6.07) is 27.9. The van der Waals surface area contributed by atoms with Crippen LogP contribution in [0, 0.1) is 11.7 Å². The molecule has 0 aliphatic heterocycles. The summed E-state index contributed by atoms with van der Waals surface area (Å²) in [5.74, 6) is 0.275. The second-order valence-corrected chi connectivity index (χ2v) is 10.7. The van der Waals surface area contributed by atoms with Crippen LogP contribution in [-0.4, -0.2) is 28.9 Å². The summed E-state index contributed by atoms with van der Waals surface area (Å²) in [7, 11) is 0. The molecule has 0 saturated carbocycles. The van der Waals surface area contributed by atoms with E-state index in [9.17, 15) is 9.18 Å². The molecule has 192 valence electrons. The number of nitrogens with zero attached hydrogens (tertiary/aromatic N) is 2. The van der Waals surface area contributed by atoms with Gasteiger partial charge in [0.1, 0.15) is 16.5 Å². The van der Waals surface area contributed by atoms with Crippen LogP contribution in [0.1, 0.15) is 58.4 Å². The van der Waals surface area contributed by atoms with Gasteiger partial charge < -0.3 is 5.32 Å². The van der Waals surface area contributed by atoms with E-state index in [4.69, 9.17) is 0 Å². The number of carbonyl (C=O) groups excluding carboxylic acids is 1. The molecule has 0 bridgehead atoms. The van der Waals surface area contributed by atoms with Crippen molar-refractivity contribution in [3.05, 3.63) is 124 Å². The number of hydrogen-bond donors (Lipinski definition) is 1. The number of carbonyl (C=O) groups is 1. The van der Waals surface area contributed by atoms with Gasteiger partial charge in [-0.25, -0.2) is 9.37 Å². The number of nitrogens with one attached hydrogen (secondary N) is 1. The van der Waals surface area contributed by atoms with Crippen LogP contribution < -0.4 is 5.32 Å². The van der Waals surface area contributed by atoms with Crippen molar-refractivity contribution in [2.45, 2.75) is 39.3 Å². The molecule has 1 aromatic heterocycles. The van der Waals surface area contributed by atoms with Crippen molar-refractivity contribution in [2.24, 2.45) is 5.92 Å². The molecule has 6 heteroatoms. The predicted octanol–water partition coefficient (Wildman–Crippen LogP) is 6.89. The monoisotopic (exact) mass is 515 g/mol. The molecule has 0 aliphatic rings. The van der Waals surface area contributed by atoms with E-state index in [0.29, 0.717) is 31.2 Å². The zero-order valence-corrected chi connectivity index (χ0v) is 22.3. The highest BCUT2D eigenvalue weighted by Gasteiger charge is 2.18. The second kappa shape index (κ2) is 13.3. The quantitative estimate of drug-likeness (QED) is 0.223. The van der Waals surface area contributed by atoms with Crippen molar-refractivity contribution in [1.82, 2.24) is 15.2 Å². The van der Waals surface area contributed by atoms with Gasteiger partial charge in [0.05, 0.1) is 6.54 Å². The van der Waals surface area contributed by atoms with Crippen LogP contribution in [0.25, 0.3) is 0 Å². The third kappa shape index (κ3) is 8.07. The van der Waals surface area contributed by atoms with Gasteiger partial charge in [-0.2, -0.15) is 0 Å². The molecule has 0 spiro atoms. The first-order valence-electron chi connectivity index (χ1n) is 12.8. The minimum atomic E-state index is -0.236. The molecule has 0 fully saturated rings. The molecule has 1 amide bonds. The molecule has 0 radical (unpaired) electrons. The number of aromatic nitrogens is 1. The number of amides is 1. The van der Waals surface area contributed by atoms with Gasteiger partial charge in [-0.3, -0.25) is 9.69 Å². The molecule has 4 aromatic rings. The normalized spacial score (nSPS) is 11.4. The SMILES string of the molecule is CC(C)CNC(=O)c1csc(CN(CCC(c2ccccc2)c2ccccc2)Cc2ccc(F)cc2)n1. The highest BCUT2D eigenvalue weighted by atomic mass is 32.1. The van der Waals surface area contributed by atoms with Crippen molar-refractivity contribution in [2.75, 3.05) is 13.1 Å². The average molecular weight is 516 g/mol. The minimum absolute atomic E-state index is 0.130. The lowest BCUT2D eigenvalue weighted by Crippen LogP contribution is -2.28. The molecule has 0 unspecified atom stereocenters. The summed E-state index contributed by atoms with van der Waals surface area (Å²) in [5.41, 5.74) is 4.08. The molecule has 1 heterocycles. The Hall–Kier alpha value is -3.35. The molecule has 0 saturated heterocycles. The minimum Gasteiger partial charge on any atom is -0.350 e. The van der Waals surface area contributed by atoms with Gasteiger partial charge in [-0.1, -0.05) is 86.6 Å². The summed E-state index contributed by atoms with van der Waals surface area (Å²) in [6.07, 6.45) is 0.919. The lowest BCUT2D eigenvalue weighted by atomic mass is 9.88. The van der Waals surface area contributed by atoms with Gasteiger partial charge in [-0.05, 0) is 47.7 Å². The molecule has 3 aromatic carbocycles. The van der Waals surface area contributed by atoms with Crippen LogP contribution in [0.4, 0.5) is 4.39 Å². The number of rotatable bonds is 12. The summed E-state index contributed by atoms with van der Waals surface area (Å²) < 4.78 is 13.5. The Morgan fingerprint density at radius 1 is 0.919 bits per heavy atom. The smallest absolute Gasteiger partial charge is 0.270 e. The average Bonchev–Trinajstić information content (AvgIpc) is 3.38. The van der Waals surface area contributed by atoms with Gasteiger partial charge >= 0.3 is 0 Å². The molecule has 4 nitrogen and oxygen atoms in total. The number of hydrogen-bond acceptors (Lipinski definition) is 4. The van der Waals surface area contributed by atoms with Crippen molar-refractivity contribution >= 4 is 17.2 Å². The van der Waals surface area contributed by atoms with Gasteiger partial charge in [0.25, 0.3) is 5.91 Å². The fourth-order valence-electron chi connectivity index (χ4n) is 4.34. The number of thiazole rings is 1. The Bertz CT molecular complexity index is 1200. The maximum Gasteiger partial charge on any atom is 0.270 e. The standard InChI is InChI=1S/C31H34FN3OS/c1-23(2)19-33-31(36)29-22-37-30(34-29)21-35(20-24-13-15-27(32)16-14-24)18-17-28(25-9-5-3-6-10-25)26-11-7-4-8-12-26/h3-16,22-23,28H,17-21H2,1-2H3,(H,33,36). The van der Waals surface area contributed by atoms with Crippen LogP contribution in [0.5, 0.6) is 0 Å². The van der Waals surface area contributed by atoms with Crippen molar-refractivity contribution < 1.29 is 9.18 Å². The third-order valence-corrected chi connectivity index (χ3v) is 7.11. The largest absolute Gasteiger partial charge is 0.350 e. The Kier molecular flexibility index (Phi) is 9.58. The molecule has 4 rings (SSSR count). The number of benzene rings is 3. The van der Waals surface area contributed by atoms with Gasteiger partial charge in [0, 0.05) is 24.4 Å². The van der Waals surface area contributed by atoms with Crippen LogP contribution in [0.15, 0.2) is 90.3 Å². The highest BCUT2D eigenvalue weighted by molar-refractivity contribution is 7.09. The first kappa shape index (κ1) is 26.7. The van der Waals surface area contributed by atoms with Gasteiger partial charge in [0.2, 0.25) is 0 Å². The Balaban J connectivity index is 1.51. The van der Waals surface area contributed by atoms with Gasteiger partial charge in [-0.15, -0.1) is 11.3 Å². The summed E-state index contributed by atoms with van der Waals surface area (Å²) in [4.78, 5) is 19.4. The summed E-state index contributed by atoms with van der Waals surface area (Å²) in [6.45, 7) is 6.88. The maximum absolute atomic E-state index is 13.5. The van der Waals surface area contributed by atoms with Crippen molar-refractivity contribution in [1.29, 1.82) is 0 Å². The maximum atomic E-state index is 13.5. The molecule has 1 N–H and O–H groups in total. The van der Waals surface area contributed by atoms with E-state index in [0.717, 1.165) is 23.5 Å². The molecular weight excluding hydrogens is 481 g/mol. The van der Waals surface area contributed by atoms with E-state index in [1.165, 1.54) is 34.6 Å². The van der Waals surface area contributed by atoms with Crippen LogP contribution in [0.3, 0.4) is 0 Å². The van der Waals surface area contributed by atoms with Gasteiger partial charge in [0.15, 0.2) is 0 Å². The Morgan fingerprint density at radius 3 is 2.14 bits per heavy atom. The predicted molar refractivity (Wildman–Crippen MR) is 149 cm³/mol.